The van der Waals surface area contributed by atoms with E-state index in [2.05, 4.69) is 10.3 Å². The van der Waals surface area contributed by atoms with Crippen LogP contribution in [0.25, 0.3) is 0 Å². The number of rotatable bonds is 1. The van der Waals surface area contributed by atoms with E-state index in [0.29, 0.717) is 10.5 Å². The van der Waals surface area contributed by atoms with Crippen LogP contribution in [0.4, 0.5) is 0 Å². The zero-order valence-corrected chi connectivity index (χ0v) is 7.39. The highest BCUT2D eigenvalue weighted by Crippen LogP contribution is 2.30. The lowest BCUT2D eigenvalue weighted by molar-refractivity contribution is 0.0584. The molecular formula is C7H13N3O2. The molecule has 2 N–H and O–H groups in total. The van der Waals surface area contributed by atoms with Gasteiger partial charge in [0, 0.05) is 0 Å². The van der Waals surface area contributed by atoms with Crippen molar-refractivity contribution in [2.24, 2.45) is 5.41 Å². The van der Waals surface area contributed by atoms with Gasteiger partial charge in [0.25, 0.3) is 0 Å². The van der Waals surface area contributed by atoms with E-state index in [1.165, 1.54) is 6.20 Å². The number of hydrogen-bond acceptors (Lipinski definition) is 4. The van der Waals surface area contributed by atoms with Crippen LogP contribution in [-0.2, 0) is 0 Å². The Bertz CT molecular complexity index is 264. The van der Waals surface area contributed by atoms with Crippen LogP contribution in [0, 0.1) is 5.41 Å². The molecule has 0 saturated heterocycles. The molecule has 5 nitrogen and oxygen atoms in total. The molecule has 0 aliphatic rings. The van der Waals surface area contributed by atoms with Crippen molar-refractivity contribution in [3.63, 3.8) is 0 Å². The number of hydrogen-bond donors (Lipinski definition) is 2. The van der Waals surface area contributed by atoms with Gasteiger partial charge >= 0.3 is 0 Å². The second-order valence-corrected chi connectivity index (χ2v) is 3.83. The minimum atomic E-state index is -0.710. The molecule has 0 spiro atoms. The van der Waals surface area contributed by atoms with Gasteiger partial charge in [0.15, 0.2) is 0 Å². The fourth-order valence-electron chi connectivity index (χ4n) is 0.836. The lowest BCUT2D eigenvalue weighted by Crippen LogP contribution is -2.18. The van der Waals surface area contributed by atoms with E-state index in [1.807, 2.05) is 20.8 Å². The Morgan fingerprint density at radius 3 is 2.42 bits per heavy atom. The van der Waals surface area contributed by atoms with Crippen molar-refractivity contribution in [2.75, 3.05) is 0 Å². The first-order chi connectivity index (χ1) is 5.41. The maximum atomic E-state index is 9.64. The summed E-state index contributed by atoms with van der Waals surface area (Å²) in [6.45, 7) is 5.65. The third-order valence-electron chi connectivity index (χ3n) is 1.60. The Morgan fingerprint density at radius 1 is 1.50 bits per heavy atom. The zero-order valence-electron chi connectivity index (χ0n) is 7.39. The van der Waals surface area contributed by atoms with Gasteiger partial charge in [-0.25, -0.2) is 0 Å². The van der Waals surface area contributed by atoms with E-state index >= 15 is 0 Å². The van der Waals surface area contributed by atoms with Crippen LogP contribution >= 0.6 is 0 Å². The van der Waals surface area contributed by atoms with Crippen LogP contribution in [0.1, 0.15) is 32.6 Å². The average Bonchev–Trinajstić information content (AvgIpc) is 2.32. The topological polar surface area (TPSA) is 71.2 Å². The molecule has 0 fully saturated rings. The minimum absolute atomic E-state index is 0.296. The summed E-state index contributed by atoms with van der Waals surface area (Å²) in [5, 5.41) is 25.4. The van der Waals surface area contributed by atoms with Crippen LogP contribution in [0.3, 0.4) is 0 Å². The molecule has 1 aromatic heterocycles. The highest BCUT2D eigenvalue weighted by molar-refractivity contribution is 5.00. The fraction of sp³-hybridized carbons (Fsp3) is 0.714. The molecule has 0 aromatic carbocycles. The van der Waals surface area contributed by atoms with Gasteiger partial charge < -0.3 is 10.3 Å². The second-order valence-electron chi connectivity index (χ2n) is 3.83. The molecule has 0 radical (unpaired) electrons. The quantitative estimate of drug-likeness (QED) is 0.607. The molecule has 1 aromatic rings. The van der Waals surface area contributed by atoms with Crippen molar-refractivity contribution >= 4 is 0 Å². The van der Waals surface area contributed by atoms with Gasteiger partial charge in [0.2, 0.25) is 0 Å². The molecule has 68 valence electrons. The molecule has 1 unspecified atom stereocenters. The lowest BCUT2D eigenvalue weighted by Gasteiger charge is -2.23. The van der Waals surface area contributed by atoms with Gasteiger partial charge in [0.1, 0.15) is 11.8 Å². The van der Waals surface area contributed by atoms with Crippen molar-refractivity contribution in [2.45, 2.75) is 26.9 Å². The molecule has 1 heterocycles. The molecule has 1 atom stereocenters. The summed E-state index contributed by atoms with van der Waals surface area (Å²) in [6, 6.07) is 0. The van der Waals surface area contributed by atoms with E-state index in [1.54, 1.807) is 0 Å². The van der Waals surface area contributed by atoms with E-state index in [4.69, 9.17) is 5.21 Å². The molecule has 12 heavy (non-hydrogen) atoms. The average molecular weight is 171 g/mol. The number of aromatic nitrogens is 3. The molecule has 0 saturated carbocycles. The summed E-state index contributed by atoms with van der Waals surface area (Å²) in [4.78, 5) is 0.588. The number of aliphatic hydroxyl groups excluding tert-OH is 1. The minimum Gasteiger partial charge on any atom is -0.411 e. The highest BCUT2D eigenvalue weighted by atomic mass is 16.5. The van der Waals surface area contributed by atoms with E-state index < -0.39 is 6.10 Å². The summed E-state index contributed by atoms with van der Waals surface area (Å²) in [6.07, 6.45) is 0.578. The fourth-order valence-corrected chi connectivity index (χ4v) is 0.836. The van der Waals surface area contributed by atoms with Gasteiger partial charge in [0.05, 0.1) is 6.20 Å². The van der Waals surface area contributed by atoms with Crippen molar-refractivity contribution in [1.29, 1.82) is 0 Å². The predicted octanol–water partition coefficient (Wildman–Crippen LogP) is 0.595. The smallest absolute Gasteiger partial charge is 0.116 e. The van der Waals surface area contributed by atoms with Crippen molar-refractivity contribution in [3.8, 4) is 0 Å². The maximum absolute atomic E-state index is 9.64. The number of aliphatic hydroxyl groups is 1. The van der Waals surface area contributed by atoms with Gasteiger partial charge in [-0.15, -0.1) is 5.10 Å². The summed E-state index contributed by atoms with van der Waals surface area (Å²) < 4.78 is 0. The Balaban J connectivity index is 2.85. The SMILES string of the molecule is CC(C)(C)C(O)c1cn(O)nn1. The Labute approximate surface area is 70.6 Å². The third-order valence-corrected chi connectivity index (χ3v) is 1.60. The standard InChI is InChI=1S/C7H13N3O2/c1-7(2,3)6(11)5-4-10(12)9-8-5/h4,6,11-12H,1-3H3. The largest absolute Gasteiger partial charge is 0.411 e. The highest BCUT2D eigenvalue weighted by Gasteiger charge is 2.26. The van der Waals surface area contributed by atoms with Gasteiger partial charge in [-0.05, 0) is 10.6 Å². The van der Waals surface area contributed by atoms with E-state index in [0.717, 1.165) is 0 Å². The van der Waals surface area contributed by atoms with Crippen LogP contribution in [0.15, 0.2) is 6.20 Å². The first-order valence-electron chi connectivity index (χ1n) is 3.71. The van der Waals surface area contributed by atoms with Gasteiger partial charge in [-0.1, -0.05) is 25.6 Å². The summed E-state index contributed by atoms with van der Waals surface area (Å²) >= 11 is 0. The monoisotopic (exact) mass is 171 g/mol. The first kappa shape index (κ1) is 8.99. The molecule has 0 aliphatic heterocycles. The molecule has 0 amide bonds. The van der Waals surface area contributed by atoms with Crippen molar-refractivity contribution in [1.82, 2.24) is 15.2 Å². The Hall–Kier alpha value is -1.10. The summed E-state index contributed by atoms with van der Waals surface area (Å²) in [5.41, 5.74) is 0.0840. The Morgan fingerprint density at radius 2 is 2.08 bits per heavy atom. The van der Waals surface area contributed by atoms with Crippen LogP contribution < -0.4 is 0 Å². The van der Waals surface area contributed by atoms with Gasteiger partial charge in [-0.2, -0.15) is 0 Å². The van der Waals surface area contributed by atoms with Crippen LogP contribution in [0.2, 0.25) is 0 Å². The van der Waals surface area contributed by atoms with E-state index in [-0.39, 0.29) is 5.41 Å². The van der Waals surface area contributed by atoms with Crippen molar-refractivity contribution in [3.05, 3.63) is 11.9 Å². The maximum Gasteiger partial charge on any atom is 0.116 e. The molecule has 5 heteroatoms. The Kier molecular flexibility index (Phi) is 2.06. The first-order valence-corrected chi connectivity index (χ1v) is 3.71. The van der Waals surface area contributed by atoms with E-state index in [9.17, 15) is 5.11 Å². The van der Waals surface area contributed by atoms with Crippen molar-refractivity contribution < 1.29 is 10.3 Å². The number of nitrogens with zero attached hydrogens (tertiary/aromatic N) is 3. The molecule has 0 aliphatic carbocycles. The molecule has 1 rings (SSSR count). The summed E-state index contributed by atoms with van der Waals surface area (Å²) in [5.74, 6) is 0. The third kappa shape index (κ3) is 1.73. The molecular weight excluding hydrogens is 158 g/mol. The lowest BCUT2D eigenvalue weighted by atomic mass is 9.88. The molecule has 0 bridgehead atoms. The van der Waals surface area contributed by atoms with Crippen LogP contribution in [0.5, 0.6) is 0 Å². The van der Waals surface area contributed by atoms with Crippen LogP contribution in [-0.4, -0.2) is 25.5 Å². The predicted molar refractivity (Wildman–Crippen MR) is 41.6 cm³/mol. The summed E-state index contributed by atoms with van der Waals surface area (Å²) in [7, 11) is 0. The second kappa shape index (κ2) is 2.75. The van der Waals surface area contributed by atoms with Gasteiger partial charge in [-0.3, -0.25) is 0 Å². The zero-order chi connectivity index (χ0) is 9.35. The normalized spacial score (nSPS) is 14.7.